The number of hydrogen-bond acceptors (Lipinski definition) is 5. The molecule has 1 rings (SSSR count). The van der Waals surface area contributed by atoms with E-state index in [4.69, 9.17) is 0 Å². The average Bonchev–Trinajstić information content (AvgIpc) is 2.79. The van der Waals surface area contributed by atoms with Crippen LogP contribution in [0.15, 0.2) is 0 Å². The second kappa shape index (κ2) is 5.18. The normalized spacial score (nSPS) is 17.3. The Kier molecular flexibility index (Phi) is 4.16. The predicted molar refractivity (Wildman–Crippen MR) is 56.1 cm³/mol. The van der Waals surface area contributed by atoms with Gasteiger partial charge in [-0.1, -0.05) is 19.1 Å². The van der Waals surface area contributed by atoms with Gasteiger partial charge in [0.1, 0.15) is 0 Å². The molecule has 0 aromatic carbocycles. The van der Waals surface area contributed by atoms with Gasteiger partial charge in [0.15, 0.2) is 5.82 Å². The Bertz CT molecular complexity index is 270. The zero-order valence-electron chi connectivity index (χ0n) is 9.49. The monoisotopic (exact) mass is 213 g/mol. The van der Waals surface area contributed by atoms with Crippen LogP contribution in [0, 0.1) is 5.41 Å². The first kappa shape index (κ1) is 12.1. The SMILES string of the molecule is CCC(C)(CO)CNC(C)c1nn[nH]n1. The molecule has 86 valence electrons. The van der Waals surface area contributed by atoms with Crippen molar-refractivity contribution in [3.05, 3.63) is 5.82 Å². The van der Waals surface area contributed by atoms with Gasteiger partial charge in [0.05, 0.1) is 6.04 Å². The zero-order valence-corrected chi connectivity index (χ0v) is 9.49. The van der Waals surface area contributed by atoms with Gasteiger partial charge >= 0.3 is 0 Å². The summed E-state index contributed by atoms with van der Waals surface area (Å²) < 4.78 is 0. The van der Waals surface area contributed by atoms with Crippen LogP contribution in [-0.4, -0.2) is 38.9 Å². The second-order valence-electron chi connectivity index (χ2n) is 4.19. The lowest BCUT2D eigenvalue weighted by atomic mass is 9.88. The Labute approximate surface area is 89.5 Å². The maximum Gasteiger partial charge on any atom is 0.191 e. The number of nitrogens with zero attached hydrogens (tertiary/aromatic N) is 3. The Morgan fingerprint density at radius 2 is 2.33 bits per heavy atom. The maximum atomic E-state index is 9.24. The summed E-state index contributed by atoms with van der Waals surface area (Å²) in [4.78, 5) is 0. The minimum absolute atomic E-state index is 0.0428. The molecule has 0 saturated heterocycles. The van der Waals surface area contributed by atoms with Gasteiger partial charge in [-0.05, 0) is 13.3 Å². The first-order chi connectivity index (χ1) is 7.11. The molecule has 1 aromatic rings. The van der Waals surface area contributed by atoms with Crippen molar-refractivity contribution in [2.75, 3.05) is 13.2 Å². The fourth-order valence-corrected chi connectivity index (χ4v) is 1.14. The quantitative estimate of drug-likeness (QED) is 0.631. The van der Waals surface area contributed by atoms with Crippen LogP contribution < -0.4 is 5.32 Å². The highest BCUT2D eigenvalue weighted by Gasteiger charge is 2.22. The predicted octanol–water partition coefficient (Wildman–Crippen LogP) is 0.259. The van der Waals surface area contributed by atoms with Gasteiger partial charge < -0.3 is 10.4 Å². The van der Waals surface area contributed by atoms with E-state index in [0.29, 0.717) is 5.82 Å². The lowest BCUT2D eigenvalue weighted by Crippen LogP contribution is -2.36. The first-order valence-corrected chi connectivity index (χ1v) is 5.19. The topological polar surface area (TPSA) is 86.7 Å². The van der Waals surface area contributed by atoms with Gasteiger partial charge in [-0.25, -0.2) is 0 Å². The molecule has 0 aliphatic heterocycles. The number of aromatic amines is 1. The Balaban J connectivity index is 2.43. The van der Waals surface area contributed by atoms with Crippen molar-refractivity contribution in [3.8, 4) is 0 Å². The number of aliphatic hydroxyl groups excluding tert-OH is 1. The highest BCUT2D eigenvalue weighted by Crippen LogP contribution is 2.19. The van der Waals surface area contributed by atoms with E-state index in [9.17, 15) is 5.11 Å². The number of aliphatic hydroxyl groups is 1. The minimum Gasteiger partial charge on any atom is -0.396 e. The van der Waals surface area contributed by atoms with Crippen LogP contribution in [-0.2, 0) is 0 Å². The van der Waals surface area contributed by atoms with Crippen LogP contribution in [0.3, 0.4) is 0 Å². The van der Waals surface area contributed by atoms with Crippen LogP contribution in [0.4, 0.5) is 0 Å². The molecule has 15 heavy (non-hydrogen) atoms. The molecule has 2 unspecified atom stereocenters. The van der Waals surface area contributed by atoms with Crippen molar-refractivity contribution in [3.63, 3.8) is 0 Å². The average molecular weight is 213 g/mol. The first-order valence-electron chi connectivity index (χ1n) is 5.19. The molecule has 1 heterocycles. The van der Waals surface area contributed by atoms with Crippen LogP contribution in [0.1, 0.15) is 39.1 Å². The van der Waals surface area contributed by atoms with E-state index in [-0.39, 0.29) is 18.1 Å². The molecular weight excluding hydrogens is 194 g/mol. The minimum atomic E-state index is -0.0853. The molecule has 6 nitrogen and oxygen atoms in total. The summed E-state index contributed by atoms with van der Waals surface area (Å²) >= 11 is 0. The number of aromatic nitrogens is 4. The van der Waals surface area contributed by atoms with Gasteiger partial charge in [-0.15, -0.1) is 10.2 Å². The van der Waals surface area contributed by atoms with E-state index >= 15 is 0 Å². The van der Waals surface area contributed by atoms with Crippen molar-refractivity contribution in [2.24, 2.45) is 5.41 Å². The van der Waals surface area contributed by atoms with Crippen molar-refractivity contribution in [1.82, 2.24) is 25.9 Å². The summed E-state index contributed by atoms with van der Waals surface area (Å²) in [6, 6.07) is 0.0428. The maximum absolute atomic E-state index is 9.24. The standard InChI is InChI=1S/C9H19N5O/c1-4-9(3,6-15)5-10-7(2)8-11-13-14-12-8/h7,10,15H,4-6H2,1-3H3,(H,11,12,13,14). The molecule has 0 amide bonds. The fraction of sp³-hybridized carbons (Fsp3) is 0.889. The zero-order chi connectivity index (χ0) is 11.3. The lowest BCUT2D eigenvalue weighted by molar-refractivity contribution is 0.132. The van der Waals surface area contributed by atoms with Crippen LogP contribution in [0.25, 0.3) is 0 Å². The Hall–Kier alpha value is -1.01. The molecule has 0 bridgehead atoms. The number of nitrogens with one attached hydrogen (secondary N) is 2. The third-order valence-corrected chi connectivity index (χ3v) is 2.82. The summed E-state index contributed by atoms with van der Waals surface area (Å²) in [6.45, 7) is 6.99. The lowest BCUT2D eigenvalue weighted by Gasteiger charge is -2.27. The number of hydrogen-bond donors (Lipinski definition) is 3. The van der Waals surface area contributed by atoms with Gasteiger partial charge in [0, 0.05) is 18.6 Å². The van der Waals surface area contributed by atoms with Crippen LogP contribution in [0.5, 0.6) is 0 Å². The third kappa shape index (κ3) is 3.24. The van der Waals surface area contributed by atoms with Gasteiger partial charge in [0.2, 0.25) is 0 Å². The largest absolute Gasteiger partial charge is 0.396 e. The number of H-pyrrole nitrogens is 1. The van der Waals surface area contributed by atoms with E-state index < -0.39 is 0 Å². The summed E-state index contributed by atoms with van der Waals surface area (Å²) in [5.41, 5.74) is -0.0853. The molecule has 6 heteroatoms. The highest BCUT2D eigenvalue weighted by atomic mass is 16.3. The number of rotatable bonds is 6. The smallest absolute Gasteiger partial charge is 0.191 e. The summed E-state index contributed by atoms with van der Waals surface area (Å²) in [7, 11) is 0. The molecule has 1 aromatic heterocycles. The molecule has 0 aliphatic carbocycles. The second-order valence-corrected chi connectivity index (χ2v) is 4.19. The molecule has 0 fully saturated rings. The van der Waals surface area contributed by atoms with Gasteiger partial charge in [0.25, 0.3) is 0 Å². The van der Waals surface area contributed by atoms with Gasteiger partial charge in [-0.3, -0.25) is 0 Å². The van der Waals surface area contributed by atoms with Crippen molar-refractivity contribution >= 4 is 0 Å². The van der Waals surface area contributed by atoms with E-state index in [1.165, 1.54) is 0 Å². The van der Waals surface area contributed by atoms with E-state index in [2.05, 4.69) is 32.9 Å². The Morgan fingerprint density at radius 1 is 1.60 bits per heavy atom. The van der Waals surface area contributed by atoms with Gasteiger partial charge in [-0.2, -0.15) is 5.21 Å². The summed E-state index contributed by atoms with van der Waals surface area (Å²) in [6.07, 6.45) is 0.926. The van der Waals surface area contributed by atoms with E-state index in [0.717, 1.165) is 13.0 Å². The Morgan fingerprint density at radius 3 is 2.80 bits per heavy atom. The van der Waals surface area contributed by atoms with E-state index in [1.807, 2.05) is 13.8 Å². The molecule has 0 spiro atoms. The molecule has 0 radical (unpaired) electrons. The summed E-state index contributed by atoms with van der Waals surface area (Å²) in [5, 5.41) is 26.2. The molecule has 3 N–H and O–H groups in total. The van der Waals surface area contributed by atoms with Crippen LogP contribution >= 0.6 is 0 Å². The summed E-state index contributed by atoms with van der Waals surface area (Å²) in [5.74, 6) is 0.645. The molecule has 0 saturated carbocycles. The number of tetrazole rings is 1. The fourth-order valence-electron chi connectivity index (χ4n) is 1.14. The molecule has 0 aliphatic rings. The highest BCUT2D eigenvalue weighted by molar-refractivity contribution is 4.87. The van der Waals surface area contributed by atoms with E-state index in [1.54, 1.807) is 0 Å². The van der Waals surface area contributed by atoms with Crippen molar-refractivity contribution < 1.29 is 5.11 Å². The van der Waals surface area contributed by atoms with Crippen LogP contribution in [0.2, 0.25) is 0 Å². The van der Waals surface area contributed by atoms with Crippen molar-refractivity contribution in [1.29, 1.82) is 0 Å². The molecule has 2 atom stereocenters. The van der Waals surface area contributed by atoms with Crippen molar-refractivity contribution in [2.45, 2.75) is 33.2 Å². The molecular formula is C9H19N5O. The third-order valence-electron chi connectivity index (χ3n) is 2.82.